The number of aliphatic hydroxyl groups excluding tert-OH is 3. The third-order valence-electron chi connectivity index (χ3n) is 5.09. The number of rotatable bonds is 15. The van der Waals surface area contributed by atoms with E-state index in [1.165, 1.54) is 25.7 Å². The van der Waals surface area contributed by atoms with Crippen molar-refractivity contribution in [2.24, 2.45) is 0 Å². The third-order valence-corrected chi connectivity index (χ3v) is 5.09. The van der Waals surface area contributed by atoms with Crippen LogP contribution in [0.4, 0.5) is 0 Å². The average molecular weight is 382 g/mol. The summed E-state index contributed by atoms with van der Waals surface area (Å²) in [6, 6.07) is 5.41. The van der Waals surface area contributed by atoms with Gasteiger partial charge in [0.05, 0.1) is 19.3 Å². The van der Waals surface area contributed by atoms with Crippen molar-refractivity contribution in [3.05, 3.63) is 29.3 Å². The molecule has 0 saturated heterocycles. The van der Waals surface area contributed by atoms with E-state index in [4.69, 9.17) is 0 Å². The number of aryl methyl sites for hydroxylation is 1. The molecule has 0 amide bonds. The summed E-state index contributed by atoms with van der Waals surface area (Å²) >= 11 is 0. The maximum absolute atomic E-state index is 10.4. The molecule has 0 saturated carbocycles. The van der Waals surface area contributed by atoms with Gasteiger partial charge < -0.3 is 25.7 Å². The summed E-state index contributed by atoms with van der Waals surface area (Å²) < 4.78 is 0. The normalized spacial score (nSPS) is 14.9. The molecule has 0 radical (unpaired) electrons. The zero-order valence-corrected chi connectivity index (χ0v) is 17.0. The quantitative estimate of drug-likeness (QED) is 0.301. The van der Waals surface area contributed by atoms with E-state index < -0.39 is 0 Å². The molecule has 0 heterocycles. The van der Waals surface area contributed by atoms with Crippen molar-refractivity contribution in [1.82, 2.24) is 5.32 Å². The molecule has 5 N–H and O–H groups in total. The monoisotopic (exact) mass is 381 g/mol. The minimum atomic E-state index is -0.331. The highest BCUT2D eigenvalue weighted by Crippen LogP contribution is 2.20. The molecule has 0 fully saturated rings. The van der Waals surface area contributed by atoms with Crippen molar-refractivity contribution in [3.8, 4) is 5.75 Å². The SMILES string of the molecule is CCCCCCCC(O)CC(CCc1ccc(O)c(CO)c1)NC(C)CO. The Morgan fingerprint density at radius 1 is 1.04 bits per heavy atom. The molecule has 0 spiro atoms. The molecule has 1 aromatic rings. The Morgan fingerprint density at radius 3 is 2.44 bits per heavy atom. The fraction of sp³-hybridized carbons (Fsp3) is 0.727. The minimum Gasteiger partial charge on any atom is -0.508 e. The standard InChI is InChI=1S/C22H39NO4/c1-3-4-5-6-7-8-21(26)14-20(23-17(2)15-24)11-9-18-10-12-22(27)19(13-18)16-25/h10,12-13,17,20-21,23-27H,3-9,11,14-16H2,1-2H3. The Labute approximate surface area is 164 Å². The summed E-state index contributed by atoms with van der Waals surface area (Å²) in [7, 11) is 0. The van der Waals surface area contributed by atoms with Gasteiger partial charge in [-0.25, -0.2) is 0 Å². The number of benzene rings is 1. The van der Waals surface area contributed by atoms with Crippen LogP contribution in [-0.4, -0.2) is 45.2 Å². The first kappa shape index (κ1) is 23.9. The molecule has 5 nitrogen and oxygen atoms in total. The van der Waals surface area contributed by atoms with Crippen LogP contribution in [0.15, 0.2) is 18.2 Å². The molecular formula is C22H39NO4. The third kappa shape index (κ3) is 10.1. The first-order chi connectivity index (χ1) is 13.0. The summed E-state index contributed by atoms with van der Waals surface area (Å²) in [6.07, 6.45) is 8.73. The number of aromatic hydroxyl groups is 1. The first-order valence-corrected chi connectivity index (χ1v) is 10.5. The van der Waals surface area contributed by atoms with E-state index in [0.717, 1.165) is 31.2 Å². The van der Waals surface area contributed by atoms with E-state index in [-0.39, 0.29) is 37.2 Å². The number of aliphatic hydroxyl groups is 3. The fourth-order valence-corrected chi connectivity index (χ4v) is 3.42. The lowest BCUT2D eigenvalue weighted by atomic mass is 9.96. The Hall–Kier alpha value is -1.14. The topological polar surface area (TPSA) is 93.0 Å². The second-order valence-electron chi connectivity index (χ2n) is 7.70. The Kier molecular flexibility index (Phi) is 12.3. The largest absolute Gasteiger partial charge is 0.508 e. The van der Waals surface area contributed by atoms with Crippen LogP contribution in [0.2, 0.25) is 0 Å². The maximum Gasteiger partial charge on any atom is 0.121 e. The average Bonchev–Trinajstić information content (AvgIpc) is 2.66. The van der Waals surface area contributed by atoms with Gasteiger partial charge in [0.25, 0.3) is 0 Å². The minimum absolute atomic E-state index is 0.0143. The van der Waals surface area contributed by atoms with Crippen LogP contribution in [0.25, 0.3) is 0 Å². The van der Waals surface area contributed by atoms with Gasteiger partial charge in [0, 0.05) is 17.6 Å². The van der Waals surface area contributed by atoms with Crippen LogP contribution >= 0.6 is 0 Å². The molecular weight excluding hydrogens is 342 g/mol. The van der Waals surface area contributed by atoms with Crippen LogP contribution in [-0.2, 0) is 13.0 Å². The van der Waals surface area contributed by atoms with E-state index in [1.807, 2.05) is 19.1 Å². The van der Waals surface area contributed by atoms with Crippen molar-refractivity contribution in [1.29, 1.82) is 0 Å². The van der Waals surface area contributed by atoms with Gasteiger partial charge >= 0.3 is 0 Å². The predicted octanol–water partition coefficient (Wildman–Crippen LogP) is 3.27. The molecule has 0 aliphatic carbocycles. The zero-order chi connectivity index (χ0) is 20.1. The van der Waals surface area contributed by atoms with Crippen molar-refractivity contribution in [2.75, 3.05) is 6.61 Å². The number of hydrogen-bond donors (Lipinski definition) is 5. The van der Waals surface area contributed by atoms with Crippen LogP contribution < -0.4 is 5.32 Å². The molecule has 5 heteroatoms. The molecule has 3 unspecified atom stereocenters. The molecule has 1 aromatic carbocycles. The van der Waals surface area contributed by atoms with Gasteiger partial charge in [0.2, 0.25) is 0 Å². The van der Waals surface area contributed by atoms with Gasteiger partial charge in [-0.1, -0.05) is 45.1 Å². The van der Waals surface area contributed by atoms with Gasteiger partial charge in [-0.15, -0.1) is 0 Å². The Balaban J connectivity index is 2.52. The number of nitrogens with one attached hydrogen (secondary N) is 1. The summed E-state index contributed by atoms with van der Waals surface area (Å²) in [4.78, 5) is 0. The van der Waals surface area contributed by atoms with Crippen LogP contribution in [0.5, 0.6) is 5.75 Å². The lowest BCUT2D eigenvalue weighted by Crippen LogP contribution is -2.41. The molecule has 0 aliphatic rings. The zero-order valence-electron chi connectivity index (χ0n) is 17.0. The van der Waals surface area contributed by atoms with Gasteiger partial charge in [-0.3, -0.25) is 0 Å². The van der Waals surface area contributed by atoms with Crippen molar-refractivity contribution >= 4 is 0 Å². The molecule has 3 atom stereocenters. The van der Waals surface area contributed by atoms with Crippen LogP contribution in [0.1, 0.15) is 76.3 Å². The lowest BCUT2D eigenvalue weighted by molar-refractivity contribution is 0.128. The number of unbranched alkanes of at least 4 members (excludes halogenated alkanes) is 4. The molecule has 27 heavy (non-hydrogen) atoms. The predicted molar refractivity (Wildman–Crippen MR) is 110 cm³/mol. The summed E-state index contributed by atoms with van der Waals surface area (Å²) in [5.41, 5.74) is 1.59. The van der Waals surface area contributed by atoms with E-state index in [9.17, 15) is 20.4 Å². The van der Waals surface area contributed by atoms with Gasteiger partial charge in [-0.05, 0) is 50.3 Å². The lowest BCUT2D eigenvalue weighted by Gasteiger charge is -2.25. The second-order valence-corrected chi connectivity index (χ2v) is 7.70. The molecule has 0 bridgehead atoms. The van der Waals surface area contributed by atoms with Gasteiger partial charge in [0.15, 0.2) is 0 Å². The maximum atomic E-state index is 10.4. The number of phenols is 1. The van der Waals surface area contributed by atoms with Crippen LogP contribution in [0, 0.1) is 0 Å². The molecule has 0 aromatic heterocycles. The van der Waals surface area contributed by atoms with Gasteiger partial charge in [0.1, 0.15) is 5.75 Å². The van der Waals surface area contributed by atoms with E-state index in [0.29, 0.717) is 12.0 Å². The van der Waals surface area contributed by atoms with Crippen molar-refractivity contribution in [2.45, 2.75) is 96.4 Å². The molecule has 1 rings (SSSR count). The summed E-state index contributed by atoms with van der Waals surface area (Å²) in [5, 5.41) is 42.1. The van der Waals surface area contributed by atoms with E-state index in [1.54, 1.807) is 6.07 Å². The first-order valence-electron chi connectivity index (χ1n) is 10.5. The molecule has 0 aliphatic heterocycles. The van der Waals surface area contributed by atoms with Crippen molar-refractivity contribution in [3.63, 3.8) is 0 Å². The Morgan fingerprint density at radius 2 is 1.78 bits per heavy atom. The van der Waals surface area contributed by atoms with Gasteiger partial charge in [-0.2, -0.15) is 0 Å². The summed E-state index contributed by atoms with van der Waals surface area (Å²) in [6.45, 7) is 4.02. The van der Waals surface area contributed by atoms with Crippen LogP contribution in [0.3, 0.4) is 0 Å². The highest BCUT2D eigenvalue weighted by molar-refractivity contribution is 5.35. The fourth-order valence-electron chi connectivity index (χ4n) is 3.42. The van der Waals surface area contributed by atoms with E-state index >= 15 is 0 Å². The molecule has 156 valence electrons. The Bertz CT molecular complexity index is 509. The van der Waals surface area contributed by atoms with Crippen molar-refractivity contribution < 1.29 is 20.4 Å². The highest BCUT2D eigenvalue weighted by atomic mass is 16.3. The second kappa shape index (κ2) is 13.9. The summed E-state index contributed by atoms with van der Waals surface area (Å²) in [5.74, 6) is 0.114. The highest BCUT2D eigenvalue weighted by Gasteiger charge is 2.17. The van der Waals surface area contributed by atoms with E-state index in [2.05, 4.69) is 12.2 Å². The number of hydrogen-bond acceptors (Lipinski definition) is 5. The smallest absolute Gasteiger partial charge is 0.121 e.